The summed E-state index contributed by atoms with van der Waals surface area (Å²) in [5.41, 5.74) is 5.56. The van der Waals surface area contributed by atoms with E-state index in [0.29, 0.717) is 5.17 Å². The van der Waals surface area contributed by atoms with Gasteiger partial charge in [0.05, 0.1) is 7.11 Å². The van der Waals surface area contributed by atoms with E-state index in [4.69, 9.17) is 10.9 Å². The lowest BCUT2D eigenvalue weighted by atomic mass is 10.5. The van der Waals surface area contributed by atoms with Gasteiger partial charge in [0.15, 0.2) is 10.9 Å². The molecule has 0 fully saturated rings. The summed E-state index contributed by atoms with van der Waals surface area (Å²) in [7, 11) is 1.28. The number of carbonyl (C=O) groups is 1. The molecule has 1 heterocycles. The van der Waals surface area contributed by atoms with Gasteiger partial charge in [-0.1, -0.05) is 0 Å². The van der Waals surface area contributed by atoms with Gasteiger partial charge in [0.25, 0.3) is 0 Å². The molecule has 0 aliphatic carbocycles. The number of carbonyl (C=O) groups excluding carboxylic acids is 1. The van der Waals surface area contributed by atoms with E-state index in [0.717, 1.165) is 0 Å². The highest BCUT2D eigenvalue weighted by atomic mass is 32.2. The van der Waals surface area contributed by atoms with Crippen LogP contribution in [0.1, 0.15) is 0 Å². The van der Waals surface area contributed by atoms with E-state index < -0.39 is 17.1 Å². The molecule has 5 nitrogen and oxygen atoms in total. The first-order valence-corrected chi connectivity index (χ1v) is 4.31. The molecule has 1 unspecified atom stereocenters. The molecule has 1 aliphatic rings. The number of methoxy groups -OCH3 is 1. The van der Waals surface area contributed by atoms with Crippen molar-refractivity contribution in [3.8, 4) is 0 Å². The molecular weight excluding hydrogens is 166 g/mol. The number of rotatable bonds is 1. The molecule has 0 aromatic carbocycles. The lowest BCUT2D eigenvalue weighted by molar-refractivity contribution is -0.136. The van der Waals surface area contributed by atoms with E-state index in [1.165, 1.54) is 12.5 Å². The van der Waals surface area contributed by atoms with Crippen molar-refractivity contribution < 1.29 is 9.53 Å². The first-order valence-electron chi connectivity index (χ1n) is 2.83. The van der Waals surface area contributed by atoms with Crippen LogP contribution in [-0.2, 0) is 9.53 Å². The Balaban J connectivity index is 2.78. The second kappa shape index (κ2) is 2.93. The van der Waals surface area contributed by atoms with Crippen molar-refractivity contribution in [2.45, 2.75) is 0 Å². The summed E-state index contributed by atoms with van der Waals surface area (Å²) in [6.07, 6.45) is 0. The van der Waals surface area contributed by atoms with Gasteiger partial charge < -0.3 is 10.5 Å². The molecule has 1 atom stereocenters. The maximum absolute atomic E-state index is 10.8. The predicted molar refractivity (Wildman–Crippen MR) is 44.9 cm³/mol. The predicted octanol–water partition coefficient (Wildman–Crippen LogP) is -0.796. The standard InChI is InChI=1S/C5H9N3O2S/c1-10-4(9)3-2-11(7)5(6)8-3/h2,11H,7H2,1H3,(H2,6,8). The molecule has 6 heteroatoms. The molecule has 62 valence electrons. The fourth-order valence-electron chi connectivity index (χ4n) is 0.611. The molecule has 0 amide bonds. The number of ether oxygens (including phenoxy) is 1. The van der Waals surface area contributed by atoms with Gasteiger partial charge in [-0.15, -0.1) is 11.1 Å². The van der Waals surface area contributed by atoms with Crippen LogP contribution in [0.5, 0.6) is 0 Å². The highest BCUT2D eigenvalue weighted by molar-refractivity contribution is 8.30. The second-order valence-electron chi connectivity index (χ2n) is 1.88. The summed E-state index contributed by atoms with van der Waals surface area (Å²) in [5.74, 6) is -0.497. The van der Waals surface area contributed by atoms with Crippen molar-refractivity contribution in [1.82, 2.24) is 0 Å². The van der Waals surface area contributed by atoms with E-state index in [-0.39, 0.29) is 5.70 Å². The first-order chi connectivity index (χ1) is 5.15. The lowest BCUT2D eigenvalue weighted by Gasteiger charge is -2.00. The second-order valence-corrected chi connectivity index (χ2v) is 3.41. The molecule has 0 spiro atoms. The highest BCUT2D eigenvalue weighted by Gasteiger charge is 2.17. The zero-order valence-corrected chi connectivity index (χ0v) is 6.84. The van der Waals surface area contributed by atoms with E-state index in [1.54, 1.807) is 0 Å². The van der Waals surface area contributed by atoms with Crippen LogP contribution in [0, 0.1) is 0 Å². The molecule has 0 aromatic heterocycles. The van der Waals surface area contributed by atoms with Crippen LogP contribution < -0.4 is 10.9 Å². The van der Waals surface area contributed by atoms with E-state index >= 15 is 0 Å². The van der Waals surface area contributed by atoms with Gasteiger partial charge in [-0.05, 0) is 0 Å². The highest BCUT2D eigenvalue weighted by Crippen LogP contribution is 2.27. The van der Waals surface area contributed by atoms with Crippen LogP contribution in [0.15, 0.2) is 16.1 Å². The average Bonchev–Trinajstić information content (AvgIpc) is 2.31. The van der Waals surface area contributed by atoms with Crippen LogP contribution >= 0.6 is 11.1 Å². The Bertz CT molecular complexity index is 248. The van der Waals surface area contributed by atoms with Crippen molar-refractivity contribution in [2.24, 2.45) is 15.9 Å². The first kappa shape index (κ1) is 8.09. The summed E-state index contributed by atoms with van der Waals surface area (Å²) < 4.78 is 4.42. The minimum Gasteiger partial charge on any atom is -0.464 e. The Hall–Kier alpha value is -1.01. The Morgan fingerprint density at radius 2 is 2.45 bits per heavy atom. The SMILES string of the molecule is COC(=O)C1=C[SH](N)C(N)=N1. The van der Waals surface area contributed by atoms with Gasteiger partial charge in [-0.2, -0.15) is 0 Å². The summed E-state index contributed by atoms with van der Waals surface area (Å²) in [6.45, 7) is 0. The van der Waals surface area contributed by atoms with Crippen LogP contribution in [-0.4, -0.2) is 18.2 Å². The molecule has 11 heavy (non-hydrogen) atoms. The minimum atomic E-state index is -1.04. The van der Waals surface area contributed by atoms with Gasteiger partial charge in [-0.3, -0.25) is 5.14 Å². The van der Waals surface area contributed by atoms with Gasteiger partial charge >= 0.3 is 5.97 Å². The molecule has 1 aliphatic heterocycles. The van der Waals surface area contributed by atoms with Crippen molar-refractivity contribution >= 4 is 22.2 Å². The largest absolute Gasteiger partial charge is 0.464 e. The molecule has 0 saturated carbocycles. The fraction of sp³-hybridized carbons (Fsp3) is 0.200. The number of esters is 1. The molecule has 0 bridgehead atoms. The third-order valence-corrected chi connectivity index (χ3v) is 2.31. The minimum absolute atomic E-state index is 0.207. The summed E-state index contributed by atoms with van der Waals surface area (Å²) >= 11 is -1.04. The third kappa shape index (κ3) is 1.52. The lowest BCUT2D eigenvalue weighted by Crippen LogP contribution is -2.12. The third-order valence-electron chi connectivity index (χ3n) is 1.16. The van der Waals surface area contributed by atoms with Gasteiger partial charge in [0, 0.05) is 5.41 Å². The van der Waals surface area contributed by atoms with Crippen molar-refractivity contribution in [3.05, 3.63) is 11.1 Å². The smallest absolute Gasteiger partial charge is 0.357 e. The molecule has 0 aromatic rings. The Labute approximate surface area is 66.6 Å². The summed E-state index contributed by atoms with van der Waals surface area (Å²) in [6, 6.07) is 0. The Morgan fingerprint density at radius 1 is 1.82 bits per heavy atom. The van der Waals surface area contributed by atoms with Crippen molar-refractivity contribution in [3.63, 3.8) is 0 Å². The molecule has 0 radical (unpaired) electrons. The number of hydrogen-bond donors (Lipinski definition) is 3. The van der Waals surface area contributed by atoms with Crippen molar-refractivity contribution in [1.29, 1.82) is 0 Å². The topological polar surface area (TPSA) is 90.7 Å². The number of thiol groups is 1. The zero-order valence-electron chi connectivity index (χ0n) is 5.94. The number of hydrogen-bond acceptors (Lipinski definition) is 5. The van der Waals surface area contributed by atoms with Gasteiger partial charge in [-0.25, -0.2) is 9.79 Å². The van der Waals surface area contributed by atoms with E-state index in [2.05, 4.69) is 9.73 Å². The Kier molecular flexibility index (Phi) is 2.16. The van der Waals surface area contributed by atoms with Crippen LogP contribution in [0.4, 0.5) is 0 Å². The Morgan fingerprint density at radius 3 is 2.82 bits per heavy atom. The number of amidine groups is 1. The van der Waals surface area contributed by atoms with Crippen LogP contribution in [0.25, 0.3) is 0 Å². The average molecular weight is 175 g/mol. The van der Waals surface area contributed by atoms with Crippen molar-refractivity contribution in [2.75, 3.05) is 7.11 Å². The maximum Gasteiger partial charge on any atom is 0.357 e. The quantitative estimate of drug-likeness (QED) is 0.359. The molecule has 4 N–H and O–H groups in total. The maximum atomic E-state index is 10.8. The number of nitrogens with zero attached hydrogens (tertiary/aromatic N) is 1. The number of nitrogens with two attached hydrogens (primary N) is 2. The van der Waals surface area contributed by atoms with Gasteiger partial charge in [0.2, 0.25) is 0 Å². The summed E-state index contributed by atoms with van der Waals surface area (Å²) in [4.78, 5) is 14.5. The molecule has 0 saturated heterocycles. The van der Waals surface area contributed by atoms with E-state index in [1.807, 2.05) is 0 Å². The van der Waals surface area contributed by atoms with E-state index in [9.17, 15) is 4.79 Å². The molecular formula is C5H9N3O2S. The fourth-order valence-corrected chi connectivity index (χ4v) is 1.39. The van der Waals surface area contributed by atoms with Gasteiger partial charge in [0.1, 0.15) is 0 Å². The normalized spacial score (nSPS) is 25.8. The van der Waals surface area contributed by atoms with Crippen LogP contribution in [0.3, 0.4) is 0 Å². The summed E-state index contributed by atoms with van der Waals surface area (Å²) in [5, 5.41) is 7.32. The van der Waals surface area contributed by atoms with Crippen LogP contribution in [0.2, 0.25) is 0 Å². The molecule has 1 rings (SSSR count). The zero-order chi connectivity index (χ0) is 8.43. The monoisotopic (exact) mass is 175 g/mol. The number of aliphatic imine (C=N–C) groups is 1.